The lowest BCUT2D eigenvalue weighted by Crippen LogP contribution is -2.37. The predicted molar refractivity (Wildman–Crippen MR) is 93.7 cm³/mol. The molecule has 2 N–H and O–H groups in total. The van der Waals surface area contributed by atoms with Gasteiger partial charge >= 0.3 is 0 Å². The Morgan fingerprint density at radius 2 is 1.83 bits per heavy atom. The third-order valence-corrected chi connectivity index (χ3v) is 5.65. The maximum atomic E-state index is 13.1. The van der Waals surface area contributed by atoms with E-state index in [-0.39, 0.29) is 16.6 Å². The number of para-hydroxylation sites is 2. The quantitative estimate of drug-likeness (QED) is 0.833. The van der Waals surface area contributed by atoms with E-state index in [1.165, 1.54) is 29.6 Å². The molecule has 0 spiro atoms. The van der Waals surface area contributed by atoms with Gasteiger partial charge in [0, 0.05) is 6.04 Å². The minimum atomic E-state index is -3.81. The van der Waals surface area contributed by atoms with Gasteiger partial charge in [0.1, 0.15) is 5.75 Å². The molecule has 2 rings (SSSR count). The van der Waals surface area contributed by atoms with Crippen molar-refractivity contribution < 1.29 is 13.2 Å². The molecule has 0 aliphatic carbocycles. The van der Waals surface area contributed by atoms with Crippen LogP contribution in [0, 0.1) is 0 Å². The average Bonchev–Trinajstić information content (AvgIpc) is 2.50. The van der Waals surface area contributed by atoms with Gasteiger partial charge in [0.05, 0.1) is 28.4 Å². The summed E-state index contributed by atoms with van der Waals surface area (Å²) in [5.74, 6) is 0.478. The maximum absolute atomic E-state index is 13.1. The fourth-order valence-corrected chi connectivity index (χ4v) is 4.12. The smallest absolute Gasteiger partial charge is 0.264 e. The van der Waals surface area contributed by atoms with Gasteiger partial charge in [-0.1, -0.05) is 23.7 Å². The van der Waals surface area contributed by atoms with Crippen molar-refractivity contribution in [3.05, 3.63) is 47.5 Å². The van der Waals surface area contributed by atoms with Gasteiger partial charge in [-0.15, -0.1) is 0 Å². The molecule has 0 saturated heterocycles. The Labute approximate surface area is 141 Å². The van der Waals surface area contributed by atoms with Gasteiger partial charge in [0.25, 0.3) is 10.0 Å². The highest BCUT2D eigenvalue weighted by Crippen LogP contribution is 2.34. The van der Waals surface area contributed by atoms with Crippen LogP contribution in [-0.2, 0) is 10.0 Å². The first kappa shape index (κ1) is 17.4. The zero-order valence-corrected chi connectivity index (χ0v) is 14.7. The molecule has 0 amide bonds. The fourth-order valence-electron chi connectivity index (χ4n) is 2.29. The Morgan fingerprint density at radius 1 is 1.17 bits per heavy atom. The Morgan fingerprint density at radius 3 is 2.39 bits per heavy atom. The lowest BCUT2D eigenvalue weighted by Gasteiger charge is -2.29. The molecule has 0 heterocycles. The number of nitrogens with zero attached hydrogens (tertiary/aromatic N) is 1. The molecule has 0 bridgehead atoms. The Kier molecular flexibility index (Phi) is 5.06. The van der Waals surface area contributed by atoms with Gasteiger partial charge in [0.15, 0.2) is 0 Å². The summed E-state index contributed by atoms with van der Waals surface area (Å²) in [6.07, 6.45) is 0. The second kappa shape index (κ2) is 6.68. The van der Waals surface area contributed by atoms with E-state index in [4.69, 9.17) is 22.1 Å². The average molecular weight is 355 g/mol. The van der Waals surface area contributed by atoms with Crippen LogP contribution in [-0.4, -0.2) is 21.6 Å². The van der Waals surface area contributed by atoms with Crippen LogP contribution < -0.4 is 14.8 Å². The van der Waals surface area contributed by atoms with E-state index in [0.29, 0.717) is 16.5 Å². The second-order valence-electron chi connectivity index (χ2n) is 5.25. The van der Waals surface area contributed by atoms with Crippen LogP contribution in [0.25, 0.3) is 0 Å². The van der Waals surface area contributed by atoms with E-state index >= 15 is 0 Å². The zero-order valence-electron chi connectivity index (χ0n) is 13.2. The number of anilines is 2. The number of methoxy groups -OCH3 is 1. The van der Waals surface area contributed by atoms with Crippen molar-refractivity contribution in [1.29, 1.82) is 0 Å². The molecule has 2 aromatic carbocycles. The second-order valence-corrected chi connectivity index (χ2v) is 7.47. The molecule has 0 fully saturated rings. The fraction of sp³-hybridized carbons (Fsp3) is 0.250. The molecule has 0 aliphatic rings. The zero-order chi connectivity index (χ0) is 17.2. The van der Waals surface area contributed by atoms with Crippen molar-refractivity contribution in [1.82, 2.24) is 0 Å². The predicted octanol–water partition coefficient (Wildman–Crippen LogP) is 3.53. The molecule has 7 heteroatoms. The third-order valence-electron chi connectivity index (χ3n) is 3.32. The number of hydrogen-bond donors (Lipinski definition) is 1. The molecule has 0 unspecified atom stereocenters. The van der Waals surface area contributed by atoms with E-state index in [1.54, 1.807) is 38.1 Å². The maximum Gasteiger partial charge on any atom is 0.264 e. The third kappa shape index (κ3) is 3.38. The highest BCUT2D eigenvalue weighted by atomic mass is 35.5. The number of halogens is 1. The van der Waals surface area contributed by atoms with Crippen LogP contribution in [0.5, 0.6) is 5.75 Å². The minimum absolute atomic E-state index is 0.0824. The summed E-state index contributed by atoms with van der Waals surface area (Å²) in [5, 5.41) is 0.317. The SMILES string of the molecule is COc1ccccc1N(C(C)C)S(=O)(=O)c1ccc(Cl)c(N)c1. The van der Waals surface area contributed by atoms with Crippen molar-refractivity contribution in [2.75, 3.05) is 17.1 Å². The van der Waals surface area contributed by atoms with Crippen molar-refractivity contribution >= 4 is 33.0 Å². The molecule has 2 aromatic rings. The molecule has 0 atom stereocenters. The van der Waals surface area contributed by atoms with Crippen molar-refractivity contribution in [2.24, 2.45) is 0 Å². The van der Waals surface area contributed by atoms with Crippen LogP contribution in [0.3, 0.4) is 0 Å². The Balaban J connectivity index is 2.62. The monoisotopic (exact) mass is 354 g/mol. The lowest BCUT2D eigenvalue weighted by atomic mass is 10.2. The summed E-state index contributed by atoms with van der Waals surface area (Å²) in [7, 11) is -2.31. The van der Waals surface area contributed by atoms with Crippen LogP contribution in [0.1, 0.15) is 13.8 Å². The topological polar surface area (TPSA) is 72.6 Å². The number of nitrogen functional groups attached to an aromatic ring is 1. The summed E-state index contributed by atoms with van der Waals surface area (Å²) < 4.78 is 32.8. The molecule has 0 aromatic heterocycles. The first-order valence-electron chi connectivity index (χ1n) is 7.01. The first-order chi connectivity index (χ1) is 10.8. The molecule has 5 nitrogen and oxygen atoms in total. The molecule has 0 radical (unpaired) electrons. The molecular weight excluding hydrogens is 336 g/mol. The molecule has 0 saturated carbocycles. The summed E-state index contributed by atoms with van der Waals surface area (Å²) in [5.41, 5.74) is 6.44. The number of benzene rings is 2. The molecular formula is C16H19ClN2O3S. The van der Waals surface area contributed by atoms with Crippen molar-refractivity contribution in [2.45, 2.75) is 24.8 Å². The van der Waals surface area contributed by atoms with Crippen molar-refractivity contribution in [3.8, 4) is 5.75 Å². The molecule has 23 heavy (non-hydrogen) atoms. The van der Waals surface area contributed by atoms with Crippen LogP contribution in [0.15, 0.2) is 47.4 Å². The van der Waals surface area contributed by atoms with Gasteiger partial charge < -0.3 is 10.5 Å². The summed E-state index contributed by atoms with van der Waals surface area (Å²) >= 11 is 5.88. The lowest BCUT2D eigenvalue weighted by molar-refractivity contribution is 0.415. The largest absolute Gasteiger partial charge is 0.495 e. The molecule has 124 valence electrons. The van der Waals surface area contributed by atoms with E-state index in [2.05, 4.69) is 0 Å². The van der Waals surface area contributed by atoms with Crippen LogP contribution >= 0.6 is 11.6 Å². The highest BCUT2D eigenvalue weighted by molar-refractivity contribution is 7.92. The van der Waals surface area contributed by atoms with Gasteiger partial charge in [-0.05, 0) is 44.2 Å². The van der Waals surface area contributed by atoms with Gasteiger partial charge in [0.2, 0.25) is 0 Å². The van der Waals surface area contributed by atoms with Gasteiger partial charge in [-0.2, -0.15) is 0 Å². The van der Waals surface area contributed by atoms with E-state index in [0.717, 1.165) is 0 Å². The normalized spacial score (nSPS) is 11.5. The number of ether oxygens (including phenoxy) is 1. The van der Waals surface area contributed by atoms with Crippen molar-refractivity contribution in [3.63, 3.8) is 0 Å². The summed E-state index contributed by atoms with van der Waals surface area (Å²) in [4.78, 5) is 0.0824. The summed E-state index contributed by atoms with van der Waals surface area (Å²) in [6.45, 7) is 3.59. The number of hydrogen-bond acceptors (Lipinski definition) is 4. The standard InChI is InChI=1S/C16H19ClN2O3S/c1-11(2)19(15-6-4-5-7-16(15)22-3)23(20,21)12-8-9-13(17)14(18)10-12/h4-11H,18H2,1-3H3. The van der Waals surface area contributed by atoms with E-state index < -0.39 is 10.0 Å². The van der Waals surface area contributed by atoms with Crippen LogP contribution in [0.2, 0.25) is 5.02 Å². The van der Waals surface area contributed by atoms with E-state index in [9.17, 15) is 8.42 Å². The van der Waals surface area contributed by atoms with Crippen LogP contribution in [0.4, 0.5) is 11.4 Å². The summed E-state index contributed by atoms with van der Waals surface area (Å²) in [6, 6.07) is 10.9. The molecule has 0 aliphatic heterocycles. The van der Waals surface area contributed by atoms with Gasteiger partial charge in [-0.3, -0.25) is 4.31 Å². The Hall–Kier alpha value is -1.92. The highest BCUT2D eigenvalue weighted by Gasteiger charge is 2.29. The number of nitrogens with two attached hydrogens (primary N) is 1. The minimum Gasteiger partial charge on any atom is -0.495 e. The number of sulfonamides is 1. The van der Waals surface area contributed by atoms with E-state index in [1.807, 2.05) is 0 Å². The van der Waals surface area contributed by atoms with Gasteiger partial charge in [-0.25, -0.2) is 8.42 Å². The first-order valence-corrected chi connectivity index (χ1v) is 8.83. The number of rotatable bonds is 5. The Bertz CT molecular complexity index is 807.